The van der Waals surface area contributed by atoms with Crippen LogP contribution in [0.3, 0.4) is 0 Å². The van der Waals surface area contributed by atoms with Crippen LogP contribution in [0.5, 0.6) is 11.5 Å². The SMILES string of the molecule is CCCOc1ccccc1CNn1c(-c2ccccc2OC)n[nH]c1=S. The van der Waals surface area contributed by atoms with Crippen LogP contribution in [-0.2, 0) is 6.54 Å². The molecule has 7 heteroatoms. The number of para-hydroxylation sites is 2. The Morgan fingerprint density at radius 1 is 1.12 bits per heavy atom. The molecule has 0 unspecified atom stereocenters. The highest BCUT2D eigenvalue weighted by Crippen LogP contribution is 2.28. The minimum atomic E-state index is 0.484. The highest BCUT2D eigenvalue weighted by molar-refractivity contribution is 7.71. The standard InChI is InChI=1S/C19H22N4O2S/c1-3-12-25-16-10-6-4-8-14(16)13-20-23-18(21-22-19(23)26)15-9-5-7-11-17(15)24-2/h4-11,20H,3,12-13H2,1-2H3,(H,22,26). The number of hydrogen-bond donors (Lipinski definition) is 2. The number of nitrogens with zero attached hydrogens (tertiary/aromatic N) is 2. The van der Waals surface area contributed by atoms with E-state index in [1.165, 1.54) is 0 Å². The summed E-state index contributed by atoms with van der Waals surface area (Å²) in [5, 5.41) is 7.19. The zero-order valence-corrected chi connectivity index (χ0v) is 15.7. The van der Waals surface area contributed by atoms with Crippen molar-refractivity contribution < 1.29 is 9.47 Å². The van der Waals surface area contributed by atoms with Gasteiger partial charge < -0.3 is 14.9 Å². The third kappa shape index (κ3) is 3.88. The molecule has 0 bridgehead atoms. The Hall–Kier alpha value is -2.80. The van der Waals surface area contributed by atoms with Gasteiger partial charge in [0.25, 0.3) is 0 Å². The zero-order valence-electron chi connectivity index (χ0n) is 14.9. The average Bonchev–Trinajstić information content (AvgIpc) is 3.05. The van der Waals surface area contributed by atoms with Gasteiger partial charge in [-0.2, -0.15) is 5.10 Å². The van der Waals surface area contributed by atoms with E-state index in [1.54, 1.807) is 11.8 Å². The van der Waals surface area contributed by atoms with Crippen LogP contribution in [0.4, 0.5) is 0 Å². The smallest absolute Gasteiger partial charge is 0.214 e. The lowest BCUT2D eigenvalue weighted by Crippen LogP contribution is -2.16. The number of methoxy groups -OCH3 is 1. The maximum Gasteiger partial charge on any atom is 0.214 e. The quantitative estimate of drug-likeness (QED) is 0.583. The molecule has 1 aromatic heterocycles. The van der Waals surface area contributed by atoms with Gasteiger partial charge >= 0.3 is 0 Å². The average molecular weight is 370 g/mol. The van der Waals surface area contributed by atoms with Crippen LogP contribution in [0.15, 0.2) is 48.5 Å². The second kappa shape index (κ2) is 8.53. The fraction of sp³-hybridized carbons (Fsp3) is 0.263. The summed E-state index contributed by atoms with van der Waals surface area (Å²) in [6.45, 7) is 3.33. The first-order valence-corrected chi connectivity index (χ1v) is 8.90. The minimum Gasteiger partial charge on any atom is -0.496 e. The first-order chi connectivity index (χ1) is 12.7. The molecule has 0 fully saturated rings. The molecule has 0 saturated heterocycles. The molecule has 0 aliphatic carbocycles. The van der Waals surface area contributed by atoms with E-state index in [0.717, 1.165) is 29.0 Å². The van der Waals surface area contributed by atoms with Gasteiger partial charge in [0.05, 0.1) is 25.8 Å². The van der Waals surface area contributed by atoms with Gasteiger partial charge in [-0.05, 0) is 36.8 Å². The summed E-state index contributed by atoms with van der Waals surface area (Å²) < 4.78 is 13.5. The van der Waals surface area contributed by atoms with Crippen LogP contribution in [0, 0.1) is 4.77 Å². The van der Waals surface area contributed by atoms with E-state index in [4.69, 9.17) is 21.7 Å². The van der Waals surface area contributed by atoms with Crippen molar-refractivity contribution in [2.45, 2.75) is 19.9 Å². The molecular weight excluding hydrogens is 348 g/mol. The van der Waals surface area contributed by atoms with Crippen LogP contribution in [-0.4, -0.2) is 28.6 Å². The first-order valence-electron chi connectivity index (χ1n) is 8.50. The van der Waals surface area contributed by atoms with Crippen molar-refractivity contribution >= 4 is 12.2 Å². The van der Waals surface area contributed by atoms with Crippen molar-refractivity contribution in [2.24, 2.45) is 0 Å². The predicted octanol–water partition coefficient (Wildman–Crippen LogP) is 4.15. The fourth-order valence-electron chi connectivity index (χ4n) is 2.62. The predicted molar refractivity (Wildman–Crippen MR) is 105 cm³/mol. The van der Waals surface area contributed by atoms with Crippen molar-refractivity contribution in [2.75, 3.05) is 19.1 Å². The molecule has 0 aliphatic heterocycles. The van der Waals surface area contributed by atoms with Gasteiger partial charge in [0.2, 0.25) is 4.77 Å². The van der Waals surface area contributed by atoms with Gasteiger partial charge in [0, 0.05) is 5.56 Å². The maximum atomic E-state index is 5.82. The van der Waals surface area contributed by atoms with Gasteiger partial charge in [0.1, 0.15) is 11.5 Å². The molecule has 1 heterocycles. The number of aromatic nitrogens is 3. The lowest BCUT2D eigenvalue weighted by Gasteiger charge is -2.14. The summed E-state index contributed by atoms with van der Waals surface area (Å²) in [5.74, 6) is 2.27. The summed E-state index contributed by atoms with van der Waals surface area (Å²) in [4.78, 5) is 0. The summed E-state index contributed by atoms with van der Waals surface area (Å²) in [7, 11) is 1.64. The lowest BCUT2D eigenvalue weighted by molar-refractivity contribution is 0.314. The summed E-state index contributed by atoms with van der Waals surface area (Å²) in [6, 6.07) is 15.7. The Labute approximate surface area is 157 Å². The van der Waals surface area contributed by atoms with E-state index in [9.17, 15) is 0 Å². The number of benzene rings is 2. The number of aromatic amines is 1. The number of H-pyrrole nitrogens is 1. The zero-order chi connectivity index (χ0) is 18.4. The molecule has 0 saturated carbocycles. The van der Waals surface area contributed by atoms with Crippen molar-refractivity contribution in [3.8, 4) is 22.9 Å². The summed E-state index contributed by atoms with van der Waals surface area (Å²) >= 11 is 5.38. The van der Waals surface area contributed by atoms with Gasteiger partial charge in [-0.25, -0.2) is 9.77 Å². The van der Waals surface area contributed by atoms with Crippen molar-refractivity contribution in [3.63, 3.8) is 0 Å². The summed E-state index contributed by atoms with van der Waals surface area (Å²) in [5.41, 5.74) is 5.23. The maximum absolute atomic E-state index is 5.82. The fourth-order valence-corrected chi connectivity index (χ4v) is 2.82. The Kier molecular flexibility index (Phi) is 5.91. The third-order valence-electron chi connectivity index (χ3n) is 3.88. The Morgan fingerprint density at radius 3 is 2.62 bits per heavy atom. The largest absolute Gasteiger partial charge is 0.496 e. The number of nitrogens with one attached hydrogen (secondary N) is 2. The van der Waals surface area contributed by atoms with Crippen LogP contribution < -0.4 is 14.9 Å². The second-order valence-corrected chi connectivity index (χ2v) is 6.07. The highest BCUT2D eigenvalue weighted by Gasteiger charge is 2.13. The van der Waals surface area contributed by atoms with Crippen LogP contribution in [0.25, 0.3) is 11.4 Å². The third-order valence-corrected chi connectivity index (χ3v) is 4.16. The van der Waals surface area contributed by atoms with Crippen molar-refractivity contribution in [3.05, 3.63) is 58.9 Å². The molecule has 2 aromatic carbocycles. The Morgan fingerprint density at radius 2 is 1.85 bits per heavy atom. The molecule has 26 heavy (non-hydrogen) atoms. The van der Waals surface area contributed by atoms with Crippen LogP contribution in [0.1, 0.15) is 18.9 Å². The molecule has 0 amide bonds. The monoisotopic (exact) mass is 370 g/mol. The normalized spacial score (nSPS) is 10.5. The van der Waals surface area contributed by atoms with Crippen molar-refractivity contribution in [1.82, 2.24) is 14.9 Å². The van der Waals surface area contributed by atoms with Gasteiger partial charge in [0.15, 0.2) is 5.82 Å². The van der Waals surface area contributed by atoms with Crippen LogP contribution >= 0.6 is 12.2 Å². The minimum absolute atomic E-state index is 0.484. The second-order valence-electron chi connectivity index (χ2n) is 5.68. The number of rotatable bonds is 8. The number of hydrogen-bond acceptors (Lipinski definition) is 5. The molecule has 6 nitrogen and oxygen atoms in total. The van der Waals surface area contributed by atoms with Crippen LogP contribution in [0.2, 0.25) is 0 Å². The van der Waals surface area contributed by atoms with Gasteiger partial charge in [-0.15, -0.1) is 0 Å². The number of ether oxygens (including phenoxy) is 2. The molecule has 0 atom stereocenters. The Balaban J connectivity index is 1.86. The van der Waals surface area contributed by atoms with Gasteiger partial charge in [-0.1, -0.05) is 37.3 Å². The van der Waals surface area contributed by atoms with Crippen molar-refractivity contribution in [1.29, 1.82) is 0 Å². The molecule has 3 rings (SSSR count). The summed E-state index contributed by atoms with van der Waals surface area (Å²) in [6.07, 6.45) is 0.965. The topological polar surface area (TPSA) is 64.1 Å². The van der Waals surface area contributed by atoms with E-state index in [0.29, 0.717) is 23.7 Å². The van der Waals surface area contributed by atoms with E-state index in [-0.39, 0.29) is 0 Å². The van der Waals surface area contributed by atoms with Gasteiger partial charge in [-0.3, -0.25) is 0 Å². The molecule has 0 radical (unpaired) electrons. The lowest BCUT2D eigenvalue weighted by atomic mass is 10.2. The van der Waals surface area contributed by atoms with E-state index in [1.807, 2.05) is 48.5 Å². The molecule has 2 N–H and O–H groups in total. The first kappa shape index (κ1) is 18.0. The molecular formula is C19H22N4O2S. The van der Waals surface area contributed by atoms with E-state index in [2.05, 4.69) is 22.5 Å². The Bertz CT molecular complexity index is 920. The van der Waals surface area contributed by atoms with E-state index < -0.39 is 0 Å². The molecule has 0 spiro atoms. The molecule has 0 aliphatic rings. The molecule has 136 valence electrons. The molecule has 3 aromatic rings. The van der Waals surface area contributed by atoms with E-state index >= 15 is 0 Å². The highest BCUT2D eigenvalue weighted by atomic mass is 32.1.